The monoisotopic (exact) mass is 145 g/mol. The van der Waals surface area contributed by atoms with Crippen LogP contribution < -0.4 is 5.32 Å². The van der Waals surface area contributed by atoms with Crippen LogP contribution in [0.4, 0.5) is 4.79 Å². The molecule has 60 valence electrons. The van der Waals surface area contributed by atoms with E-state index in [1.807, 2.05) is 20.8 Å². The first-order valence-electron chi connectivity index (χ1n) is 3.69. The largest absolute Gasteiger partial charge is 0.449 e. The van der Waals surface area contributed by atoms with Gasteiger partial charge in [-0.2, -0.15) is 0 Å². The van der Waals surface area contributed by atoms with Crippen LogP contribution in [0.1, 0.15) is 20.8 Å². The van der Waals surface area contributed by atoms with Crippen LogP contribution in [-0.2, 0) is 4.74 Å². The van der Waals surface area contributed by atoms with Crippen LogP contribution in [-0.4, -0.2) is 19.2 Å². The zero-order chi connectivity index (χ0) is 7.98. The first kappa shape index (κ1) is 9.27. The lowest BCUT2D eigenvalue weighted by Gasteiger charge is -2.18. The Balaban J connectivity index is 0.000000371. The second-order valence-corrected chi connectivity index (χ2v) is 2.08. The van der Waals surface area contributed by atoms with E-state index in [0.29, 0.717) is 12.5 Å². The summed E-state index contributed by atoms with van der Waals surface area (Å²) in [7, 11) is 0. The number of cyclic esters (lactones) is 1. The predicted molar refractivity (Wildman–Crippen MR) is 39.9 cm³/mol. The number of ether oxygens (including phenoxy) is 1. The minimum atomic E-state index is -0.289. The third-order valence-corrected chi connectivity index (χ3v) is 1.09. The number of alkyl carbamates (subject to hydrolysis) is 1. The molecule has 1 aliphatic rings. The summed E-state index contributed by atoms with van der Waals surface area (Å²) < 4.78 is 4.64. The average Bonchev–Trinajstić information content (AvgIpc) is 2.00. The lowest BCUT2D eigenvalue weighted by molar-refractivity contribution is 0.107. The van der Waals surface area contributed by atoms with E-state index < -0.39 is 0 Å². The Morgan fingerprint density at radius 3 is 2.50 bits per heavy atom. The molecule has 0 aliphatic carbocycles. The molecule has 0 spiro atoms. The summed E-state index contributed by atoms with van der Waals surface area (Å²) in [5.41, 5.74) is 0. The van der Waals surface area contributed by atoms with Crippen molar-refractivity contribution in [2.45, 2.75) is 20.8 Å². The lowest BCUT2D eigenvalue weighted by Crippen LogP contribution is -2.37. The van der Waals surface area contributed by atoms with Crippen LogP contribution in [0.3, 0.4) is 0 Å². The zero-order valence-corrected chi connectivity index (χ0v) is 6.81. The molecule has 3 nitrogen and oxygen atoms in total. The van der Waals surface area contributed by atoms with Gasteiger partial charge in [0.1, 0.15) is 0 Å². The summed E-state index contributed by atoms with van der Waals surface area (Å²) in [4.78, 5) is 10.3. The van der Waals surface area contributed by atoms with Gasteiger partial charge < -0.3 is 10.1 Å². The van der Waals surface area contributed by atoms with Crippen molar-refractivity contribution in [1.82, 2.24) is 5.32 Å². The molecule has 1 rings (SSSR count). The van der Waals surface area contributed by atoms with Gasteiger partial charge in [-0.1, -0.05) is 20.8 Å². The van der Waals surface area contributed by atoms with Gasteiger partial charge in [0.15, 0.2) is 0 Å². The van der Waals surface area contributed by atoms with E-state index >= 15 is 0 Å². The fourth-order valence-electron chi connectivity index (χ4n) is 0.585. The van der Waals surface area contributed by atoms with Gasteiger partial charge in [0, 0.05) is 12.5 Å². The van der Waals surface area contributed by atoms with Crippen molar-refractivity contribution in [2.24, 2.45) is 5.92 Å². The Bertz CT molecular complexity index is 93.8. The molecular weight excluding hydrogens is 130 g/mol. The molecule has 1 heterocycles. The van der Waals surface area contributed by atoms with Crippen molar-refractivity contribution in [3.8, 4) is 0 Å². The standard InChI is InChI=1S/C5H9NO2.C2H6/c1-4-2-6-5(7)8-3-4;1-2/h4H,2-3H2,1H3,(H,6,7);1-2H3. The summed E-state index contributed by atoms with van der Waals surface area (Å²) in [6, 6.07) is 0. The molecule has 1 atom stereocenters. The summed E-state index contributed by atoms with van der Waals surface area (Å²) in [5, 5.41) is 2.57. The predicted octanol–water partition coefficient (Wildman–Crippen LogP) is 1.39. The van der Waals surface area contributed by atoms with Gasteiger partial charge >= 0.3 is 6.09 Å². The van der Waals surface area contributed by atoms with Crippen molar-refractivity contribution in [3.63, 3.8) is 0 Å². The Hall–Kier alpha value is -0.730. The van der Waals surface area contributed by atoms with Crippen molar-refractivity contribution in [1.29, 1.82) is 0 Å². The van der Waals surface area contributed by atoms with Gasteiger partial charge in [-0.3, -0.25) is 0 Å². The molecule has 1 saturated heterocycles. The minimum absolute atomic E-state index is 0.289. The number of amides is 1. The number of hydrogen-bond donors (Lipinski definition) is 1. The van der Waals surface area contributed by atoms with E-state index in [4.69, 9.17) is 0 Å². The molecule has 0 radical (unpaired) electrons. The summed E-state index contributed by atoms with van der Waals surface area (Å²) in [6.07, 6.45) is -0.289. The molecule has 1 unspecified atom stereocenters. The average molecular weight is 145 g/mol. The third-order valence-electron chi connectivity index (χ3n) is 1.09. The van der Waals surface area contributed by atoms with Crippen molar-refractivity contribution in [2.75, 3.05) is 13.2 Å². The molecule has 1 N–H and O–H groups in total. The molecule has 0 aromatic heterocycles. The summed E-state index contributed by atoms with van der Waals surface area (Å²) in [5.74, 6) is 0.465. The normalized spacial score (nSPS) is 23.5. The van der Waals surface area contributed by atoms with E-state index in [2.05, 4.69) is 10.1 Å². The van der Waals surface area contributed by atoms with Gasteiger partial charge in [0.25, 0.3) is 0 Å². The van der Waals surface area contributed by atoms with Crippen molar-refractivity contribution >= 4 is 6.09 Å². The smallest absolute Gasteiger partial charge is 0.407 e. The van der Waals surface area contributed by atoms with E-state index in [1.54, 1.807) is 0 Å². The van der Waals surface area contributed by atoms with Crippen molar-refractivity contribution < 1.29 is 9.53 Å². The van der Waals surface area contributed by atoms with Crippen LogP contribution in [0.15, 0.2) is 0 Å². The molecule has 3 heteroatoms. The Morgan fingerprint density at radius 2 is 2.20 bits per heavy atom. The molecule has 1 aliphatic heterocycles. The molecule has 1 fully saturated rings. The molecule has 0 bridgehead atoms. The first-order chi connectivity index (χ1) is 4.79. The molecule has 0 aromatic rings. The van der Waals surface area contributed by atoms with Crippen LogP contribution in [0, 0.1) is 5.92 Å². The first-order valence-corrected chi connectivity index (χ1v) is 3.69. The SMILES string of the molecule is CC.CC1CNC(=O)OC1. The zero-order valence-electron chi connectivity index (χ0n) is 6.81. The van der Waals surface area contributed by atoms with E-state index in [1.165, 1.54) is 0 Å². The van der Waals surface area contributed by atoms with Gasteiger partial charge in [-0.25, -0.2) is 4.79 Å². The Kier molecular flexibility index (Phi) is 4.72. The maximum Gasteiger partial charge on any atom is 0.407 e. The highest BCUT2D eigenvalue weighted by Gasteiger charge is 2.13. The highest BCUT2D eigenvalue weighted by molar-refractivity contribution is 5.67. The number of carbonyl (C=O) groups is 1. The van der Waals surface area contributed by atoms with Gasteiger partial charge in [-0.15, -0.1) is 0 Å². The lowest BCUT2D eigenvalue weighted by atomic mass is 10.2. The molecular formula is C7H15NO2. The van der Waals surface area contributed by atoms with Crippen LogP contribution in [0.25, 0.3) is 0 Å². The van der Waals surface area contributed by atoms with E-state index in [-0.39, 0.29) is 6.09 Å². The molecule has 0 aromatic carbocycles. The molecule has 10 heavy (non-hydrogen) atoms. The van der Waals surface area contributed by atoms with Crippen LogP contribution in [0.5, 0.6) is 0 Å². The number of nitrogens with one attached hydrogen (secondary N) is 1. The fourth-order valence-corrected chi connectivity index (χ4v) is 0.585. The highest BCUT2D eigenvalue weighted by atomic mass is 16.6. The van der Waals surface area contributed by atoms with Gasteiger partial charge in [0.05, 0.1) is 6.61 Å². The summed E-state index contributed by atoms with van der Waals surface area (Å²) >= 11 is 0. The molecule has 1 amide bonds. The van der Waals surface area contributed by atoms with Crippen LogP contribution in [0.2, 0.25) is 0 Å². The van der Waals surface area contributed by atoms with Gasteiger partial charge in [-0.05, 0) is 0 Å². The highest BCUT2D eigenvalue weighted by Crippen LogP contribution is 1.98. The third kappa shape index (κ3) is 3.33. The minimum Gasteiger partial charge on any atom is -0.449 e. The van der Waals surface area contributed by atoms with E-state index in [9.17, 15) is 4.79 Å². The second-order valence-electron chi connectivity index (χ2n) is 2.08. The number of hydrogen-bond acceptors (Lipinski definition) is 2. The van der Waals surface area contributed by atoms with Gasteiger partial charge in [0.2, 0.25) is 0 Å². The maximum atomic E-state index is 10.3. The number of carbonyl (C=O) groups excluding carboxylic acids is 1. The second kappa shape index (κ2) is 5.09. The van der Waals surface area contributed by atoms with Crippen molar-refractivity contribution in [3.05, 3.63) is 0 Å². The van der Waals surface area contributed by atoms with Crippen LogP contribution >= 0.6 is 0 Å². The number of rotatable bonds is 0. The summed E-state index contributed by atoms with van der Waals surface area (Å²) in [6.45, 7) is 7.34. The Morgan fingerprint density at radius 1 is 1.60 bits per heavy atom. The molecule has 0 saturated carbocycles. The Labute approximate surface area is 61.8 Å². The maximum absolute atomic E-state index is 10.3. The van der Waals surface area contributed by atoms with E-state index in [0.717, 1.165) is 6.54 Å². The quantitative estimate of drug-likeness (QED) is 0.559. The fraction of sp³-hybridized carbons (Fsp3) is 0.857. The topological polar surface area (TPSA) is 38.3 Å².